The third kappa shape index (κ3) is 4.78. The van der Waals surface area contributed by atoms with Gasteiger partial charge in [0.2, 0.25) is 0 Å². The van der Waals surface area contributed by atoms with Crippen LogP contribution in [0, 0.1) is 5.92 Å². The number of rotatable bonds is 5. The molecule has 0 saturated carbocycles. The smallest absolute Gasteiger partial charge is 0.115 e. The summed E-state index contributed by atoms with van der Waals surface area (Å²) in [5.74, 6) is 0.934. The van der Waals surface area contributed by atoms with Gasteiger partial charge >= 0.3 is 0 Å². The molecule has 2 rings (SSSR count). The van der Waals surface area contributed by atoms with E-state index in [1.165, 1.54) is 18.5 Å². The number of aromatic hydroxyl groups is 1. The minimum absolute atomic E-state index is 0.357. The first-order chi connectivity index (χ1) is 9.67. The van der Waals surface area contributed by atoms with Crippen LogP contribution in [-0.4, -0.2) is 54.2 Å². The second kappa shape index (κ2) is 7.62. The zero-order valence-electron chi connectivity index (χ0n) is 12.5. The molecule has 1 heterocycles. The summed E-state index contributed by atoms with van der Waals surface area (Å²) in [5.41, 5.74) is 6.90. The van der Waals surface area contributed by atoms with E-state index < -0.39 is 0 Å². The summed E-state index contributed by atoms with van der Waals surface area (Å²) in [7, 11) is 0. The molecule has 1 unspecified atom stereocenters. The number of nitrogens with two attached hydrogens (primary N) is 1. The summed E-state index contributed by atoms with van der Waals surface area (Å²) in [6.07, 6.45) is 1.20. The lowest BCUT2D eigenvalue weighted by Crippen LogP contribution is -2.35. The van der Waals surface area contributed by atoms with Gasteiger partial charge in [0.1, 0.15) is 5.75 Å². The molecule has 1 aromatic rings. The van der Waals surface area contributed by atoms with Crippen molar-refractivity contribution in [2.24, 2.45) is 11.7 Å². The monoisotopic (exact) mass is 277 g/mol. The van der Waals surface area contributed by atoms with Crippen LogP contribution in [0.2, 0.25) is 0 Å². The Morgan fingerprint density at radius 1 is 1.20 bits per heavy atom. The molecule has 0 spiro atoms. The molecule has 4 nitrogen and oxygen atoms in total. The van der Waals surface area contributed by atoms with Crippen molar-refractivity contribution < 1.29 is 5.11 Å². The molecule has 112 valence electrons. The van der Waals surface area contributed by atoms with Crippen LogP contribution in [0.5, 0.6) is 5.75 Å². The third-order valence-corrected chi connectivity index (χ3v) is 3.97. The number of hydrogen-bond donors (Lipinski definition) is 2. The predicted octanol–water partition coefficient (Wildman–Crippen LogP) is 1.49. The Kier molecular flexibility index (Phi) is 5.83. The minimum atomic E-state index is 0.357. The maximum Gasteiger partial charge on any atom is 0.115 e. The Morgan fingerprint density at radius 3 is 2.70 bits per heavy atom. The molecule has 0 aliphatic carbocycles. The van der Waals surface area contributed by atoms with Crippen molar-refractivity contribution in [3.63, 3.8) is 0 Å². The van der Waals surface area contributed by atoms with E-state index in [4.69, 9.17) is 5.73 Å². The largest absolute Gasteiger partial charge is 0.508 e. The zero-order valence-corrected chi connectivity index (χ0v) is 12.5. The summed E-state index contributed by atoms with van der Waals surface area (Å²) in [5, 5.41) is 9.53. The van der Waals surface area contributed by atoms with Crippen molar-refractivity contribution >= 4 is 0 Å². The van der Waals surface area contributed by atoms with Gasteiger partial charge in [-0.3, -0.25) is 4.90 Å². The van der Waals surface area contributed by atoms with E-state index in [0.717, 1.165) is 39.3 Å². The topological polar surface area (TPSA) is 52.7 Å². The Balaban J connectivity index is 1.83. The minimum Gasteiger partial charge on any atom is -0.508 e. The van der Waals surface area contributed by atoms with Crippen LogP contribution < -0.4 is 5.73 Å². The van der Waals surface area contributed by atoms with Crippen molar-refractivity contribution in [1.29, 1.82) is 0 Å². The summed E-state index contributed by atoms with van der Waals surface area (Å²) < 4.78 is 0. The van der Waals surface area contributed by atoms with Gasteiger partial charge in [-0.25, -0.2) is 0 Å². The van der Waals surface area contributed by atoms with Crippen LogP contribution in [-0.2, 0) is 6.54 Å². The first kappa shape index (κ1) is 15.3. The summed E-state index contributed by atoms with van der Waals surface area (Å²) in [4.78, 5) is 5.00. The summed E-state index contributed by atoms with van der Waals surface area (Å²) in [6.45, 7) is 9.52. The number of phenolic OH excluding ortho intramolecular Hbond substituents is 1. The number of phenols is 1. The SMILES string of the molecule is CC(CN)CN1CCCN(Cc2cccc(O)c2)CC1. The van der Waals surface area contributed by atoms with Crippen LogP contribution in [0.4, 0.5) is 0 Å². The summed E-state index contributed by atoms with van der Waals surface area (Å²) >= 11 is 0. The second-order valence-corrected chi connectivity index (χ2v) is 5.94. The highest BCUT2D eigenvalue weighted by molar-refractivity contribution is 5.26. The quantitative estimate of drug-likeness (QED) is 0.856. The Hall–Kier alpha value is -1.10. The van der Waals surface area contributed by atoms with Crippen LogP contribution in [0.3, 0.4) is 0 Å². The van der Waals surface area contributed by atoms with E-state index in [0.29, 0.717) is 11.7 Å². The van der Waals surface area contributed by atoms with Crippen LogP contribution >= 0.6 is 0 Å². The number of nitrogens with zero attached hydrogens (tertiary/aromatic N) is 2. The lowest BCUT2D eigenvalue weighted by molar-refractivity contribution is 0.232. The molecule has 0 bridgehead atoms. The van der Waals surface area contributed by atoms with E-state index in [9.17, 15) is 5.11 Å². The normalized spacial score (nSPS) is 19.7. The fraction of sp³-hybridized carbons (Fsp3) is 0.625. The molecule has 3 N–H and O–H groups in total. The molecule has 0 radical (unpaired) electrons. The van der Waals surface area contributed by atoms with Gasteiger partial charge in [0, 0.05) is 26.2 Å². The molecule has 1 atom stereocenters. The lowest BCUT2D eigenvalue weighted by atomic mass is 10.1. The van der Waals surface area contributed by atoms with Gasteiger partial charge in [-0.05, 0) is 49.7 Å². The number of hydrogen-bond acceptors (Lipinski definition) is 4. The van der Waals surface area contributed by atoms with Gasteiger partial charge in [-0.1, -0.05) is 19.1 Å². The molecule has 1 aliphatic heterocycles. The molecule has 1 aliphatic rings. The molecule has 4 heteroatoms. The highest BCUT2D eigenvalue weighted by Gasteiger charge is 2.16. The van der Waals surface area contributed by atoms with E-state index in [1.54, 1.807) is 6.07 Å². The fourth-order valence-corrected chi connectivity index (χ4v) is 2.79. The van der Waals surface area contributed by atoms with Crippen molar-refractivity contribution in [3.05, 3.63) is 29.8 Å². The van der Waals surface area contributed by atoms with Crippen molar-refractivity contribution in [2.45, 2.75) is 19.9 Å². The summed E-state index contributed by atoms with van der Waals surface area (Å²) in [6, 6.07) is 7.58. The zero-order chi connectivity index (χ0) is 14.4. The molecule has 1 fully saturated rings. The van der Waals surface area contributed by atoms with E-state index in [-0.39, 0.29) is 0 Å². The molecule has 0 amide bonds. The van der Waals surface area contributed by atoms with Crippen LogP contribution in [0.25, 0.3) is 0 Å². The van der Waals surface area contributed by atoms with E-state index in [2.05, 4.69) is 22.8 Å². The Labute approximate surface area is 122 Å². The molecule has 20 heavy (non-hydrogen) atoms. The second-order valence-electron chi connectivity index (χ2n) is 5.94. The van der Waals surface area contributed by atoms with Crippen molar-refractivity contribution in [1.82, 2.24) is 9.80 Å². The van der Waals surface area contributed by atoms with E-state index in [1.807, 2.05) is 12.1 Å². The average molecular weight is 277 g/mol. The molecular weight excluding hydrogens is 250 g/mol. The Morgan fingerprint density at radius 2 is 1.95 bits per heavy atom. The highest BCUT2D eigenvalue weighted by Crippen LogP contribution is 2.14. The van der Waals surface area contributed by atoms with Crippen LogP contribution in [0.1, 0.15) is 18.9 Å². The first-order valence-electron chi connectivity index (χ1n) is 7.60. The maximum atomic E-state index is 9.53. The third-order valence-electron chi connectivity index (χ3n) is 3.97. The van der Waals surface area contributed by atoms with Crippen molar-refractivity contribution in [2.75, 3.05) is 39.3 Å². The predicted molar refractivity (Wildman–Crippen MR) is 82.7 cm³/mol. The first-order valence-corrected chi connectivity index (χ1v) is 7.60. The van der Waals surface area contributed by atoms with Gasteiger partial charge < -0.3 is 15.7 Å². The standard InChI is InChI=1S/C16H27N3O/c1-14(11-17)12-18-6-3-7-19(9-8-18)13-15-4-2-5-16(20)10-15/h2,4-5,10,14,20H,3,6-9,11-13,17H2,1H3. The average Bonchev–Trinajstić information content (AvgIpc) is 2.64. The fourth-order valence-electron chi connectivity index (χ4n) is 2.79. The molecule has 1 saturated heterocycles. The van der Waals surface area contributed by atoms with E-state index >= 15 is 0 Å². The molecule has 1 aromatic carbocycles. The van der Waals surface area contributed by atoms with Gasteiger partial charge in [-0.2, -0.15) is 0 Å². The lowest BCUT2D eigenvalue weighted by Gasteiger charge is -2.24. The van der Waals surface area contributed by atoms with Gasteiger partial charge in [0.25, 0.3) is 0 Å². The number of benzene rings is 1. The van der Waals surface area contributed by atoms with Gasteiger partial charge in [0.15, 0.2) is 0 Å². The maximum absolute atomic E-state index is 9.53. The van der Waals surface area contributed by atoms with Gasteiger partial charge in [-0.15, -0.1) is 0 Å². The molecule has 0 aromatic heterocycles. The molecular formula is C16H27N3O. The van der Waals surface area contributed by atoms with Crippen molar-refractivity contribution in [3.8, 4) is 5.75 Å². The van der Waals surface area contributed by atoms with Crippen LogP contribution in [0.15, 0.2) is 24.3 Å². The van der Waals surface area contributed by atoms with Gasteiger partial charge in [0.05, 0.1) is 0 Å². The Bertz CT molecular complexity index is 410. The highest BCUT2D eigenvalue weighted by atomic mass is 16.3.